The average Bonchev–Trinajstić information content (AvgIpc) is 2.79. The average molecular weight is 453 g/mol. The van der Waals surface area contributed by atoms with E-state index in [1.807, 2.05) is 26.0 Å². The lowest BCUT2D eigenvalue weighted by Gasteiger charge is -2.11. The van der Waals surface area contributed by atoms with Crippen LogP contribution < -0.4 is 10.1 Å². The van der Waals surface area contributed by atoms with E-state index in [2.05, 4.69) is 10.1 Å². The number of benzene rings is 3. The van der Waals surface area contributed by atoms with Gasteiger partial charge in [-0.05, 0) is 55.8 Å². The van der Waals surface area contributed by atoms with E-state index >= 15 is 0 Å². The first kappa shape index (κ1) is 23.6. The molecule has 0 saturated carbocycles. The quantitative estimate of drug-likeness (QED) is 0.386. The molecule has 3 aromatic rings. The first-order valence-electron chi connectivity index (χ1n) is 9.97. The minimum Gasteiger partial charge on any atom is -0.452 e. The highest BCUT2D eigenvalue weighted by molar-refractivity contribution is 6.15. The van der Waals surface area contributed by atoms with Crippen LogP contribution in [-0.2, 0) is 9.53 Å². The molecule has 0 atom stereocenters. The number of ketones is 1. The van der Waals surface area contributed by atoms with Crippen LogP contribution in [0.2, 0.25) is 0 Å². The summed E-state index contributed by atoms with van der Waals surface area (Å²) in [4.78, 5) is 37.8. The van der Waals surface area contributed by atoms with Gasteiger partial charge in [0.25, 0.3) is 5.91 Å². The summed E-state index contributed by atoms with van der Waals surface area (Å²) in [7, 11) is 0. The molecule has 1 N–H and O–H groups in total. The fourth-order valence-corrected chi connectivity index (χ4v) is 3.11. The first-order chi connectivity index (χ1) is 15.7. The SMILES string of the molecule is Cc1ccc(C)c(C(=O)c2ccccc2C(=O)OCC(=O)Nc2ccc(OC(F)F)cc2)c1. The molecule has 0 spiro atoms. The molecule has 3 rings (SSSR count). The number of hydrogen-bond donors (Lipinski definition) is 1. The molecular formula is C25H21F2NO5. The van der Waals surface area contributed by atoms with Gasteiger partial charge in [-0.15, -0.1) is 0 Å². The topological polar surface area (TPSA) is 81.7 Å². The number of rotatable bonds is 8. The Morgan fingerprint density at radius 1 is 0.879 bits per heavy atom. The van der Waals surface area contributed by atoms with Crippen LogP contribution in [0, 0.1) is 13.8 Å². The Morgan fingerprint density at radius 3 is 2.21 bits per heavy atom. The van der Waals surface area contributed by atoms with E-state index < -0.39 is 25.1 Å². The number of ether oxygens (including phenoxy) is 2. The summed E-state index contributed by atoms with van der Waals surface area (Å²) in [6, 6.07) is 17.0. The van der Waals surface area contributed by atoms with Crippen LogP contribution in [0.3, 0.4) is 0 Å². The van der Waals surface area contributed by atoms with Crippen molar-refractivity contribution in [1.29, 1.82) is 0 Å². The predicted octanol–water partition coefficient (Wildman–Crippen LogP) is 4.93. The van der Waals surface area contributed by atoms with Crippen molar-refractivity contribution in [2.45, 2.75) is 20.5 Å². The van der Waals surface area contributed by atoms with Crippen molar-refractivity contribution >= 4 is 23.3 Å². The minimum atomic E-state index is -2.95. The molecule has 1 amide bonds. The molecule has 0 radical (unpaired) electrons. The molecule has 8 heteroatoms. The highest BCUT2D eigenvalue weighted by Gasteiger charge is 2.21. The molecule has 3 aromatic carbocycles. The molecule has 0 aliphatic carbocycles. The van der Waals surface area contributed by atoms with Crippen LogP contribution in [0.5, 0.6) is 5.75 Å². The molecule has 33 heavy (non-hydrogen) atoms. The summed E-state index contributed by atoms with van der Waals surface area (Å²) in [5, 5.41) is 2.48. The lowest BCUT2D eigenvalue weighted by molar-refractivity contribution is -0.119. The van der Waals surface area contributed by atoms with Crippen LogP contribution in [0.1, 0.15) is 37.4 Å². The highest BCUT2D eigenvalue weighted by atomic mass is 19.3. The molecule has 0 fully saturated rings. The summed E-state index contributed by atoms with van der Waals surface area (Å²) in [6.07, 6.45) is 0. The molecule has 0 heterocycles. The van der Waals surface area contributed by atoms with E-state index in [1.54, 1.807) is 18.2 Å². The van der Waals surface area contributed by atoms with Crippen LogP contribution in [0.4, 0.5) is 14.5 Å². The Balaban J connectivity index is 1.66. The predicted molar refractivity (Wildman–Crippen MR) is 118 cm³/mol. The maximum absolute atomic E-state index is 13.1. The van der Waals surface area contributed by atoms with Gasteiger partial charge in [0.1, 0.15) is 5.75 Å². The van der Waals surface area contributed by atoms with Crippen molar-refractivity contribution in [3.8, 4) is 5.75 Å². The fraction of sp³-hybridized carbons (Fsp3) is 0.160. The summed E-state index contributed by atoms with van der Waals surface area (Å²) in [5.74, 6) is -1.83. The van der Waals surface area contributed by atoms with Gasteiger partial charge in [-0.1, -0.05) is 35.9 Å². The number of aryl methyl sites for hydroxylation is 2. The first-order valence-corrected chi connectivity index (χ1v) is 9.97. The monoisotopic (exact) mass is 453 g/mol. The van der Waals surface area contributed by atoms with E-state index in [0.29, 0.717) is 11.3 Å². The second-order valence-electron chi connectivity index (χ2n) is 7.22. The number of hydrogen-bond acceptors (Lipinski definition) is 5. The lowest BCUT2D eigenvalue weighted by atomic mass is 9.94. The Bertz CT molecular complexity index is 1180. The van der Waals surface area contributed by atoms with Crippen molar-refractivity contribution in [1.82, 2.24) is 0 Å². The number of esters is 1. The molecule has 6 nitrogen and oxygen atoms in total. The number of carbonyl (C=O) groups excluding carboxylic acids is 3. The van der Waals surface area contributed by atoms with Gasteiger partial charge in [-0.3, -0.25) is 9.59 Å². The van der Waals surface area contributed by atoms with E-state index in [4.69, 9.17) is 4.74 Å². The van der Waals surface area contributed by atoms with Gasteiger partial charge in [0.2, 0.25) is 0 Å². The second kappa shape index (κ2) is 10.5. The summed E-state index contributed by atoms with van der Waals surface area (Å²) in [5.41, 5.74) is 2.69. The fourth-order valence-electron chi connectivity index (χ4n) is 3.11. The van der Waals surface area contributed by atoms with Gasteiger partial charge in [0, 0.05) is 16.8 Å². The second-order valence-corrected chi connectivity index (χ2v) is 7.22. The van der Waals surface area contributed by atoms with Crippen molar-refractivity contribution in [2.75, 3.05) is 11.9 Å². The molecule has 0 aromatic heterocycles. The molecule has 0 saturated heterocycles. The Kier molecular flexibility index (Phi) is 7.50. The van der Waals surface area contributed by atoms with Crippen LogP contribution in [-0.4, -0.2) is 30.9 Å². The minimum absolute atomic E-state index is 0.0460. The normalized spacial score (nSPS) is 10.6. The van der Waals surface area contributed by atoms with Crippen LogP contribution in [0.25, 0.3) is 0 Å². The van der Waals surface area contributed by atoms with Crippen molar-refractivity contribution in [2.24, 2.45) is 0 Å². The van der Waals surface area contributed by atoms with Gasteiger partial charge in [-0.2, -0.15) is 8.78 Å². The third kappa shape index (κ3) is 6.22. The largest absolute Gasteiger partial charge is 0.452 e. The van der Waals surface area contributed by atoms with Crippen molar-refractivity contribution < 1.29 is 32.6 Å². The molecule has 170 valence electrons. The Labute approximate surface area is 189 Å². The van der Waals surface area contributed by atoms with Crippen molar-refractivity contribution in [3.63, 3.8) is 0 Å². The van der Waals surface area contributed by atoms with Gasteiger partial charge in [0.15, 0.2) is 12.4 Å². The lowest BCUT2D eigenvalue weighted by Crippen LogP contribution is -2.22. The molecule has 0 aliphatic heterocycles. The summed E-state index contributed by atoms with van der Waals surface area (Å²) in [6.45, 7) is 0.132. The van der Waals surface area contributed by atoms with Crippen LogP contribution >= 0.6 is 0 Å². The smallest absolute Gasteiger partial charge is 0.387 e. The van der Waals surface area contributed by atoms with E-state index in [0.717, 1.165) is 11.1 Å². The van der Waals surface area contributed by atoms with Gasteiger partial charge < -0.3 is 14.8 Å². The number of carbonyl (C=O) groups is 3. The zero-order valence-corrected chi connectivity index (χ0v) is 17.9. The van der Waals surface area contributed by atoms with Gasteiger partial charge in [-0.25, -0.2) is 4.79 Å². The maximum Gasteiger partial charge on any atom is 0.387 e. The number of amides is 1. The van der Waals surface area contributed by atoms with E-state index in [1.165, 1.54) is 36.4 Å². The zero-order chi connectivity index (χ0) is 24.0. The van der Waals surface area contributed by atoms with Crippen molar-refractivity contribution in [3.05, 3.63) is 94.5 Å². The summed E-state index contributed by atoms with van der Waals surface area (Å²) >= 11 is 0. The number of alkyl halides is 2. The Hall–Kier alpha value is -4.07. The maximum atomic E-state index is 13.1. The highest BCUT2D eigenvalue weighted by Crippen LogP contribution is 2.20. The molecule has 0 aliphatic rings. The van der Waals surface area contributed by atoms with E-state index in [-0.39, 0.29) is 22.7 Å². The zero-order valence-electron chi connectivity index (χ0n) is 17.9. The summed E-state index contributed by atoms with van der Waals surface area (Å²) < 4.78 is 33.7. The van der Waals surface area contributed by atoms with Gasteiger partial charge >= 0.3 is 12.6 Å². The third-order valence-corrected chi connectivity index (χ3v) is 4.73. The third-order valence-electron chi connectivity index (χ3n) is 4.73. The molecular weight excluding hydrogens is 432 g/mol. The van der Waals surface area contributed by atoms with Gasteiger partial charge in [0.05, 0.1) is 5.56 Å². The Morgan fingerprint density at radius 2 is 1.55 bits per heavy atom. The standard InChI is InChI=1S/C25H21F2NO5/c1-15-7-8-16(2)21(13-15)23(30)19-5-3-4-6-20(19)24(31)32-14-22(29)28-17-9-11-18(12-10-17)33-25(26)27/h3-13,25H,14H2,1-2H3,(H,28,29). The number of halogens is 2. The van der Waals surface area contributed by atoms with E-state index in [9.17, 15) is 23.2 Å². The molecule has 0 bridgehead atoms. The molecule has 0 unspecified atom stereocenters. The number of anilines is 1. The number of nitrogens with one attached hydrogen (secondary N) is 1. The van der Waals surface area contributed by atoms with Crippen LogP contribution in [0.15, 0.2) is 66.7 Å².